The summed E-state index contributed by atoms with van der Waals surface area (Å²) in [4.78, 5) is 29.1. The molecule has 0 saturated carbocycles. The topological polar surface area (TPSA) is 77.1 Å². The zero-order chi connectivity index (χ0) is 28.6. The molecule has 2 amide bonds. The number of benzene rings is 3. The molecular weight excluding hydrogens is 586 g/mol. The SMILES string of the molecule is CC[C@@H](C)C(=O)N[C@@H]1C(=O)N(Cc2c(OC)ccc3cc(Br)ccc23)c2ccc(F)c(F)c2OC12CCOCC2. The molecule has 0 aliphatic carbocycles. The van der Waals surface area contributed by atoms with Crippen molar-refractivity contribution in [3.8, 4) is 11.5 Å². The van der Waals surface area contributed by atoms with Gasteiger partial charge in [-0.25, -0.2) is 4.39 Å². The molecule has 3 aromatic carbocycles. The molecule has 40 heavy (non-hydrogen) atoms. The summed E-state index contributed by atoms with van der Waals surface area (Å²) < 4.78 is 48.5. The number of hydrogen-bond acceptors (Lipinski definition) is 5. The Morgan fingerprint density at radius 3 is 2.65 bits per heavy atom. The van der Waals surface area contributed by atoms with Crippen molar-refractivity contribution in [3.63, 3.8) is 0 Å². The zero-order valence-corrected chi connectivity index (χ0v) is 24.1. The molecule has 10 heteroatoms. The lowest BCUT2D eigenvalue weighted by Crippen LogP contribution is -2.64. The van der Waals surface area contributed by atoms with Crippen molar-refractivity contribution in [1.82, 2.24) is 5.32 Å². The summed E-state index contributed by atoms with van der Waals surface area (Å²) in [5.74, 6) is -3.29. The predicted molar refractivity (Wildman–Crippen MR) is 151 cm³/mol. The number of carbonyl (C=O) groups excluding carboxylic acids is 2. The Morgan fingerprint density at radius 1 is 1.20 bits per heavy atom. The van der Waals surface area contributed by atoms with Crippen molar-refractivity contribution in [3.05, 3.63) is 64.1 Å². The normalized spacial score (nSPS) is 19.1. The molecule has 1 saturated heterocycles. The fourth-order valence-corrected chi connectivity index (χ4v) is 5.76. The van der Waals surface area contributed by atoms with Crippen LogP contribution in [0, 0.1) is 17.6 Å². The highest BCUT2D eigenvalue weighted by Gasteiger charge is 2.52. The fourth-order valence-electron chi connectivity index (χ4n) is 5.38. The monoisotopic (exact) mass is 616 g/mol. The molecule has 5 rings (SSSR count). The lowest BCUT2D eigenvalue weighted by Gasteiger charge is -2.41. The highest BCUT2D eigenvalue weighted by atomic mass is 79.9. The molecule has 2 aliphatic rings. The molecule has 212 valence electrons. The first-order chi connectivity index (χ1) is 19.2. The molecule has 2 atom stereocenters. The van der Waals surface area contributed by atoms with Gasteiger partial charge in [0, 0.05) is 28.8 Å². The van der Waals surface area contributed by atoms with Crippen molar-refractivity contribution in [2.45, 2.75) is 51.3 Å². The maximum atomic E-state index is 15.5. The molecule has 0 unspecified atom stereocenters. The van der Waals surface area contributed by atoms with Crippen LogP contribution in [0.25, 0.3) is 10.8 Å². The minimum atomic E-state index is -1.33. The molecular formula is C30H31BrF2N2O5. The Hall–Kier alpha value is -3.24. The van der Waals surface area contributed by atoms with Gasteiger partial charge >= 0.3 is 0 Å². The molecule has 1 fully saturated rings. The summed E-state index contributed by atoms with van der Waals surface area (Å²) in [5.41, 5.74) is -0.581. The third kappa shape index (κ3) is 5.03. The van der Waals surface area contributed by atoms with Gasteiger partial charge in [-0.15, -0.1) is 0 Å². The molecule has 2 heterocycles. The van der Waals surface area contributed by atoms with E-state index in [2.05, 4.69) is 21.2 Å². The number of nitrogens with one attached hydrogen (secondary N) is 1. The number of halogens is 3. The van der Waals surface area contributed by atoms with Crippen LogP contribution in [0.2, 0.25) is 0 Å². The number of rotatable bonds is 6. The van der Waals surface area contributed by atoms with Crippen LogP contribution in [0.5, 0.6) is 11.5 Å². The Bertz CT molecular complexity index is 1460. The maximum Gasteiger partial charge on any atom is 0.254 e. The van der Waals surface area contributed by atoms with Gasteiger partial charge in [-0.3, -0.25) is 9.59 Å². The van der Waals surface area contributed by atoms with Gasteiger partial charge in [-0.05, 0) is 47.5 Å². The second kappa shape index (κ2) is 11.3. The summed E-state index contributed by atoms with van der Waals surface area (Å²) >= 11 is 3.50. The Morgan fingerprint density at radius 2 is 1.95 bits per heavy atom. The molecule has 2 aliphatic heterocycles. The fraction of sp³-hybridized carbons (Fsp3) is 0.400. The minimum absolute atomic E-state index is 0.0370. The van der Waals surface area contributed by atoms with E-state index >= 15 is 4.39 Å². The van der Waals surface area contributed by atoms with Gasteiger partial charge in [0.25, 0.3) is 5.91 Å². The van der Waals surface area contributed by atoms with Crippen molar-refractivity contribution in [2.24, 2.45) is 5.92 Å². The van der Waals surface area contributed by atoms with Crippen LogP contribution in [-0.4, -0.2) is 43.8 Å². The van der Waals surface area contributed by atoms with E-state index in [0.29, 0.717) is 17.7 Å². The molecule has 1 N–H and O–H groups in total. The summed E-state index contributed by atoms with van der Waals surface area (Å²) in [6.45, 7) is 4.09. The van der Waals surface area contributed by atoms with Crippen LogP contribution in [0.4, 0.5) is 14.5 Å². The molecule has 1 spiro atoms. The van der Waals surface area contributed by atoms with Crippen LogP contribution in [-0.2, 0) is 20.9 Å². The quantitative estimate of drug-likeness (QED) is 0.373. The lowest BCUT2D eigenvalue weighted by atomic mass is 9.84. The summed E-state index contributed by atoms with van der Waals surface area (Å²) in [7, 11) is 1.53. The van der Waals surface area contributed by atoms with E-state index in [4.69, 9.17) is 14.2 Å². The van der Waals surface area contributed by atoms with E-state index in [1.165, 1.54) is 18.1 Å². The average molecular weight is 617 g/mol. The summed E-state index contributed by atoms with van der Waals surface area (Å²) in [6, 6.07) is 10.6. The predicted octanol–water partition coefficient (Wildman–Crippen LogP) is 5.89. The van der Waals surface area contributed by atoms with Crippen molar-refractivity contribution in [1.29, 1.82) is 0 Å². The number of methoxy groups -OCH3 is 1. The number of nitrogens with zero attached hydrogens (tertiary/aromatic N) is 1. The number of carbonyl (C=O) groups is 2. The number of hydrogen-bond donors (Lipinski definition) is 1. The molecule has 0 aromatic heterocycles. The second-order valence-electron chi connectivity index (χ2n) is 10.3. The minimum Gasteiger partial charge on any atom is -0.496 e. The van der Waals surface area contributed by atoms with Gasteiger partial charge < -0.3 is 24.4 Å². The van der Waals surface area contributed by atoms with E-state index in [1.807, 2.05) is 31.2 Å². The second-order valence-corrected chi connectivity index (χ2v) is 11.2. The highest BCUT2D eigenvalue weighted by Crippen LogP contribution is 2.44. The summed E-state index contributed by atoms with van der Waals surface area (Å²) in [6.07, 6.45) is 0.980. The van der Waals surface area contributed by atoms with E-state index in [-0.39, 0.29) is 55.9 Å². The van der Waals surface area contributed by atoms with Gasteiger partial charge in [-0.1, -0.05) is 41.9 Å². The maximum absolute atomic E-state index is 15.5. The number of anilines is 1. The van der Waals surface area contributed by atoms with E-state index < -0.39 is 29.2 Å². The van der Waals surface area contributed by atoms with Crippen molar-refractivity contribution >= 4 is 44.2 Å². The smallest absolute Gasteiger partial charge is 0.254 e. The number of fused-ring (bicyclic) bond motifs is 2. The van der Waals surface area contributed by atoms with Crippen LogP contribution in [0.15, 0.2) is 46.9 Å². The molecule has 0 bridgehead atoms. The van der Waals surface area contributed by atoms with Gasteiger partial charge in [0.1, 0.15) is 17.4 Å². The Labute approximate surface area is 239 Å². The third-order valence-electron chi connectivity index (χ3n) is 7.94. The van der Waals surface area contributed by atoms with E-state index in [1.54, 1.807) is 13.0 Å². The third-order valence-corrected chi connectivity index (χ3v) is 8.43. The van der Waals surface area contributed by atoms with E-state index in [0.717, 1.165) is 21.3 Å². The van der Waals surface area contributed by atoms with Gasteiger partial charge in [0.2, 0.25) is 11.7 Å². The first kappa shape index (κ1) is 28.3. The van der Waals surface area contributed by atoms with Gasteiger partial charge in [-0.2, -0.15) is 4.39 Å². The number of ether oxygens (including phenoxy) is 3. The van der Waals surface area contributed by atoms with Crippen LogP contribution >= 0.6 is 15.9 Å². The molecule has 3 aromatic rings. The first-order valence-corrected chi connectivity index (χ1v) is 14.1. The lowest BCUT2D eigenvalue weighted by molar-refractivity contribution is -0.139. The standard InChI is InChI=1S/C30H31BrF2N2O5/c1-4-17(2)28(36)34-27-29(37)35(16-21-20-7-6-19(31)15-18(20)5-10-24(21)38-3)23-9-8-22(32)25(33)26(23)40-30(27)11-13-39-14-12-30/h5-10,15,17,27H,4,11-14,16H2,1-3H3,(H,34,36)/t17-,27-/m1/s1. The van der Waals surface area contributed by atoms with Crippen LogP contribution in [0.3, 0.4) is 0 Å². The molecule has 7 nitrogen and oxygen atoms in total. The first-order valence-electron chi connectivity index (χ1n) is 13.3. The van der Waals surface area contributed by atoms with E-state index in [9.17, 15) is 14.0 Å². The van der Waals surface area contributed by atoms with Crippen molar-refractivity contribution in [2.75, 3.05) is 25.2 Å². The van der Waals surface area contributed by atoms with Crippen molar-refractivity contribution < 1.29 is 32.6 Å². The molecule has 0 radical (unpaired) electrons. The largest absolute Gasteiger partial charge is 0.496 e. The Kier molecular flexibility index (Phi) is 8.01. The van der Waals surface area contributed by atoms with Gasteiger partial charge in [0.05, 0.1) is 32.6 Å². The van der Waals surface area contributed by atoms with Gasteiger partial charge in [0.15, 0.2) is 11.6 Å². The number of amides is 2. The Balaban J connectivity index is 1.70. The van der Waals surface area contributed by atoms with Crippen LogP contribution < -0.4 is 19.7 Å². The van der Waals surface area contributed by atoms with Crippen LogP contribution in [0.1, 0.15) is 38.7 Å². The summed E-state index contributed by atoms with van der Waals surface area (Å²) in [5, 5.41) is 4.64. The average Bonchev–Trinajstić information content (AvgIpc) is 3.04. The zero-order valence-electron chi connectivity index (χ0n) is 22.6. The highest BCUT2D eigenvalue weighted by molar-refractivity contribution is 9.10.